The number of ether oxygens (including phenoxy) is 1. The standard InChI is InChI=1S/C14H10BrF2NO3/c1-21-12-3-2-7(4-11(12)19)14(20)18-13-9(16)5-8(15)6-10(13)17/h2-6,19H,1H3,(H,18,20). The first-order chi connectivity index (χ1) is 9.92. The third-order valence-corrected chi connectivity index (χ3v) is 3.14. The molecule has 2 N–H and O–H groups in total. The van der Waals surface area contributed by atoms with E-state index in [1.165, 1.54) is 19.2 Å². The van der Waals surface area contributed by atoms with Crippen LogP contribution in [0.4, 0.5) is 14.5 Å². The van der Waals surface area contributed by atoms with E-state index in [9.17, 15) is 18.7 Å². The van der Waals surface area contributed by atoms with Crippen LogP contribution in [0, 0.1) is 11.6 Å². The van der Waals surface area contributed by atoms with Crippen LogP contribution in [-0.2, 0) is 0 Å². The van der Waals surface area contributed by atoms with Gasteiger partial charge in [-0.1, -0.05) is 15.9 Å². The predicted octanol–water partition coefficient (Wildman–Crippen LogP) is 3.69. The molecule has 0 radical (unpaired) electrons. The predicted molar refractivity (Wildman–Crippen MR) is 76.7 cm³/mol. The van der Waals surface area contributed by atoms with Crippen molar-refractivity contribution in [1.29, 1.82) is 0 Å². The monoisotopic (exact) mass is 357 g/mol. The van der Waals surface area contributed by atoms with E-state index in [0.29, 0.717) is 0 Å². The Kier molecular flexibility index (Phi) is 4.42. The molecular weight excluding hydrogens is 348 g/mol. The van der Waals surface area contributed by atoms with Gasteiger partial charge in [0.05, 0.1) is 7.11 Å². The van der Waals surface area contributed by atoms with Gasteiger partial charge in [0, 0.05) is 10.0 Å². The number of hydrogen-bond acceptors (Lipinski definition) is 3. The van der Waals surface area contributed by atoms with Crippen molar-refractivity contribution < 1.29 is 23.4 Å². The molecule has 2 rings (SSSR count). The number of carbonyl (C=O) groups is 1. The number of aromatic hydroxyl groups is 1. The summed E-state index contributed by atoms with van der Waals surface area (Å²) in [5.41, 5.74) is -0.520. The second-order valence-electron chi connectivity index (χ2n) is 4.09. The third kappa shape index (κ3) is 3.30. The van der Waals surface area contributed by atoms with E-state index in [-0.39, 0.29) is 21.5 Å². The minimum absolute atomic E-state index is 0.0371. The number of carbonyl (C=O) groups excluding carboxylic acids is 1. The Balaban J connectivity index is 2.28. The third-order valence-electron chi connectivity index (χ3n) is 2.69. The van der Waals surface area contributed by atoms with Crippen LogP contribution in [-0.4, -0.2) is 18.1 Å². The van der Waals surface area contributed by atoms with Gasteiger partial charge in [-0.25, -0.2) is 8.78 Å². The Morgan fingerprint density at radius 3 is 2.38 bits per heavy atom. The van der Waals surface area contributed by atoms with Crippen molar-refractivity contribution in [3.8, 4) is 11.5 Å². The van der Waals surface area contributed by atoms with E-state index in [1.807, 2.05) is 0 Å². The lowest BCUT2D eigenvalue weighted by Gasteiger charge is -2.09. The fourth-order valence-electron chi connectivity index (χ4n) is 1.68. The minimum atomic E-state index is -0.909. The number of halogens is 3. The zero-order chi connectivity index (χ0) is 15.6. The van der Waals surface area contributed by atoms with E-state index in [2.05, 4.69) is 21.2 Å². The maximum Gasteiger partial charge on any atom is 0.255 e. The zero-order valence-electron chi connectivity index (χ0n) is 10.8. The summed E-state index contributed by atoms with van der Waals surface area (Å²) in [4.78, 5) is 11.9. The molecule has 0 aliphatic carbocycles. The van der Waals surface area contributed by atoms with Crippen molar-refractivity contribution in [3.05, 3.63) is 52.0 Å². The average molecular weight is 358 g/mol. The molecule has 0 heterocycles. The number of hydrogen-bond donors (Lipinski definition) is 2. The van der Waals surface area contributed by atoms with Gasteiger partial charge in [0.15, 0.2) is 23.1 Å². The second-order valence-corrected chi connectivity index (χ2v) is 5.00. The Morgan fingerprint density at radius 1 is 1.24 bits per heavy atom. The molecule has 0 spiro atoms. The lowest BCUT2D eigenvalue weighted by Crippen LogP contribution is -2.14. The van der Waals surface area contributed by atoms with Gasteiger partial charge >= 0.3 is 0 Å². The van der Waals surface area contributed by atoms with Crippen molar-refractivity contribution in [2.45, 2.75) is 0 Å². The average Bonchev–Trinajstić information content (AvgIpc) is 2.42. The van der Waals surface area contributed by atoms with Gasteiger partial charge in [-0.2, -0.15) is 0 Å². The van der Waals surface area contributed by atoms with Crippen LogP contribution in [0.25, 0.3) is 0 Å². The summed E-state index contributed by atoms with van der Waals surface area (Å²) in [6, 6.07) is 5.94. The van der Waals surface area contributed by atoms with E-state index in [4.69, 9.17) is 4.74 Å². The Hall–Kier alpha value is -2.15. The number of anilines is 1. The molecule has 0 bridgehead atoms. The molecule has 0 saturated heterocycles. The van der Waals surface area contributed by atoms with Gasteiger partial charge in [-0.15, -0.1) is 0 Å². The summed E-state index contributed by atoms with van der Waals surface area (Å²) in [6.07, 6.45) is 0. The molecule has 0 saturated carbocycles. The smallest absolute Gasteiger partial charge is 0.255 e. The normalized spacial score (nSPS) is 10.3. The maximum absolute atomic E-state index is 13.6. The highest BCUT2D eigenvalue weighted by molar-refractivity contribution is 9.10. The molecule has 0 aliphatic heterocycles. The highest BCUT2D eigenvalue weighted by Crippen LogP contribution is 2.28. The summed E-state index contributed by atoms with van der Waals surface area (Å²) in [5, 5.41) is 11.7. The maximum atomic E-state index is 13.6. The van der Waals surface area contributed by atoms with Gasteiger partial charge in [0.1, 0.15) is 5.69 Å². The summed E-state index contributed by atoms with van der Waals surface area (Å²) >= 11 is 2.94. The Labute approximate surface area is 127 Å². The zero-order valence-corrected chi connectivity index (χ0v) is 12.4. The molecular formula is C14H10BrF2NO3. The van der Waals surface area contributed by atoms with Gasteiger partial charge in [0.2, 0.25) is 0 Å². The molecule has 0 unspecified atom stereocenters. The van der Waals surface area contributed by atoms with Crippen molar-refractivity contribution in [3.63, 3.8) is 0 Å². The molecule has 110 valence electrons. The molecule has 0 atom stereocenters. The van der Waals surface area contributed by atoms with Crippen molar-refractivity contribution >= 4 is 27.5 Å². The van der Waals surface area contributed by atoms with Crippen molar-refractivity contribution in [1.82, 2.24) is 0 Å². The van der Waals surface area contributed by atoms with E-state index in [1.54, 1.807) is 0 Å². The first-order valence-corrected chi connectivity index (χ1v) is 6.54. The molecule has 0 aliphatic rings. The minimum Gasteiger partial charge on any atom is -0.504 e. The van der Waals surface area contributed by atoms with Gasteiger partial charge in [-0.05, 0) is 30.3 Å². The van der Waals surface area contributed by atoms with E-state index in [0.717, 1.165) is 18.2 Å². The van der Waals surface area contributed by atoms with Gasteiger partial charge < -0.3 is 15.2 Å². The van der Waals surface area contributed by atoms with Crippen LogP contribution in [0.5, 0.6) is 11.5 Å². The topological polar surface area (TPSA) is 58.6 Å². The molecule has 0 fully saturated rings. The molecule has 7 heteroatoms. The van der Waals surface area contributed by atoms with Crippen LogP contribution in [0.15, 0.2) is 34.8 Å². The number of benzene rings is 2. The molecule has 1 amide bonds. The van der Waals surface area contributed by atoms with E-state index < -0.39 is 23.2 Å². The van der Waals surface area contributed by atoms with Crippen LogP contribution in [0.2, 0.25) is 0 Å². The van der Waals surface area contributed by atoms with Crippen LogP contribution < -0.4 is 10.1 Å². The number of phenolic OH excluding ortho intramolecular Hbond substituents is 1. The fourth-order valence-corrected chi connectivity index (χ4v) is 2.08. The highest BCUT2D eigenvalue weighted by atomic mass is 79.9. The highest BCUT2D eigenvalue weighted by Gasteiger charge is 2.16. The molecule has 2 aromatic rings. The largest absolute Gasteiger partial charge is 0.504 e. The molecule has 0 aromatic heterocycles. The summed E-state index contributed by atoms with van der Waals surface area (Å²) < 4.78 is 32.3. The molecule has 21 heavy (non-hydrogen) atoms. The number of amides is 1. The number of rotatable bonds is 3. The Morgan fingerprint density at radius 2 is 1.86 bits per heavy atom. The summed E-state index contributed by atoms with van der Waals surface area (Å²) in [7, 11) is 1.36. The summed E-state index contributed by atoms with van der Waals surface area (Å²) in [6.45, 7) is 0. The first-order valence-electron chi connectivity index (χ1n) is 5.75. The van der Waals surface area contributed by atoms with Crippen LogP contribution in [0.1, 0.15) is 10.4 Å². The first kappa shape index (κ1) is 15.2. The van der Waals surface area contributed by atoms with Crippen LogP contribution >= 0.6 is 15.9 Å². The molecule has 2 aromatic carbocycles. The van der Waals surface area contributed by atoms with Crippen molar-refractivity contribution in [2.24, 2.45) is 0 Å². The molecule has 4 nitrogen and oxygen atoms in total. The summed E-state index contributed by atoms with van der Waals surface area (Å²) in [5.74, 6) is -2.64. The fraction of sp³-hybridized carbons (Fsp3) is 0.0714. The quantitative estimate of drug-likeness (QED) is 0.880. The van der Waals surface area contributed by atoms with Gasteiger partial charge in [0.25, 0.3) is 5.91 Å². The number of phenols is 1. The van der Waals surface area contributed by atoms with Crippen molar-refractivity contribution in [2.75, 3.05) is 12.4 Å². The Bertz CT molecular complexity index is 684. The SMILES string of the molecule is COc1ccc(C(=O)Nc2c(F)cc(Br)cc2F)cc1O. The number of methoxy groups -OCH3 is 1. The van der Waals surface area contributed by atoms with Gasteiger partial charge in [-0.3, -0.25) is 4.79 Å². The van der Waals surface area contributed by atoms with E-state index >= 15 is 0 Å². The lowest BCUT2D eigenvalue weighted by molar-refractivity contribution is 0.102. The number of nitrogens with one attached hydrogen (secondary N) is 1. The lowest BCUT2D eigenvalue weighted by atomic mass is 10.2. The second kappa shape index (κ2) is 6.09. The van der Waals surface area contributed by atoms with Crippen LogP contribution in [0.3, 0.4) is 0 Å².